The standard InChI is InChI=1S/C8H2BrF3N2O2S/c9-5-1-4(8(10,11)12)2-6(14(15)16)7(5)13-3-17/h1-2H. The molecular weight excluding hydrogens is 325 g/mol. The van der Waals surface area contributed by atoms with Crippen molar-refractivity contribution in [1.29, 1.82) is 0 Å². The van der Waals surface area contributed by atoms with E-state index in [2.05, 4.69) is 33.1 Å². The lowest BCUT2D eigenvalue weighted by molar-refractivity contribution is -0.384. The first kappa shape index (κ1) is 13.8. The van der Waals surface area contributed by atoms with Gasteiger partial charge in [0, 0.05) is 6.07 Å². The molecule has 9 heteroatoms. The first-order valence-electron chi connectivity index (χ1n) is 3.90. The van der Waals surface area contributed by atoms with Crippen LogP contribution in [-0.2, 0) is 6.18 Å². The number of aliphatic imine (C=N–C) groups is 1. The SMILES string of the molecule is O=[N+]([O-])c1cc(C(F)(F)F)cc(Br)c1N=C=S. The van der Waals surface area contributed by atoms with Crippen LogP contribution in [0.4, 0.5) is 24.5 Å². The summed E-state index contributed by atoms with van der Waals surface area (Å²) in [6.07, 6.45) is -4.67. The second kappa shape index (κ2) is 4.91. The van der Waals surface area contributed by atoms with Gasteiger partial charge in [-0.1, -0.05) is 0 Å². The summed E-state index contributed by atoms with van der Waals surface area (Å²) in [6.45, 7) is 0. The molecule has 0 radical (unpaired) electrons. The average Bonchev–Trinajstić information content (AvgIpc) is 2.18. The highest BCUT2D eigenvalue weighted by atomic mass is 79.9. The smallest absolute Gasteiger partial charge is 0.258 e. The van der Waals surface area contributed by atoms with Crippen molar-refractivity contribution in [3.05, 3.63) is 32.3 Å². The van der Waals surface area contributed by atoms with Crippen molar-refractivity contribution < 1.29 is 18.1 Å². The molecule has 0 aromatic heterocycles. The fourth-order valence-corrected chi connectivity index (χ4v) is 1.67. The predicted molar refractivity (Wildman–Crippen MR) is 60.5 cm³/mol. The first-order chi connectivity index (χ1) is 7.77. The molecule has 0 atom stereocenters. The maximum Gasteiger partial charge on any atom is 0.416 e. The molecule has 1 rings (SSSR count). The Kier molecular flexibility index (Phi) is 3.97. The highest BCUT2D eigenvalue weighted by Gasteiger charge is 2.34. The number of nitro benzene ring substituents is 1. The number of rotatable bonds is 2. The van der Waals surface area contributed by atoms with Crippen LogP contribution in [0.15, 0.2) is 21.6 Å². The summed E-state index contributed by atoms with van der Waals surface area (Å²) in [5, 5.41) is 12.5. The van der Waals surface area contributed by atoms with E-state index in [0.29, 0.717) is 12.1 Å². The van der Waals surface area contributed by atoms with Crippen LogP contribution in [0.1, 0.15) is 5.56 Å². The van der Waals surface area contributed by atoms with Crippen LogP contribution in [0.3, 0.4) is 0 Å². The van der Waals surface area contributed by atoms with Gasteiger partial charge in [0.05, 0.1) is 20.1 Å². The zero-order valence-electron chi connectivity index (χ0n) is 7.79. The van der Waals surface area contributed by atoms with Crippen molar-refractivity contribution in [2.45, 2.75) is 6.18 Å². The Morgan fingerprint density at radius 1 is 1.47 bits per heavy atom. The van der Waals surface area contributed by atoms with Crippen LogP contribution in [0.25, 0.3) is 0 Å². The van der Waals surface area contributed by atoms with Crippen LogP contribution in [-0.4, -0.2) is 10.1 Å². The van der Waals surface area contributed by atoms with Gasteiger partial charge in [0.2, 0.25) is 0 Å². The van der Waals surface area contributed by atoms with Crippen molar-refractivity contribution in [3.8, 4) is 0 Å². The molecule has 0 amide bonds. The Morgan fingerprint density at radius 2 is 2.06 bits per heavy atom. The number of thiocarbonyl (C=S) groups is 1. The van der Waals surface area contributed by atoms with Crippen molar-refractivity contribution in [3.63, 3.8) is 0 Å². The molecule has 0 bridgehead atoms. The minimum Gasteiger partial charge on any atom is -0.258 e. The third kappa shape index (κ3) is 3.09. The maximum absolute atomic E-state index is 12.4. The number of hydrogen-bond donors (Lipinski definition) is 0. The van der Waals surface area contributed by atoms with E-state index in [-0.39, 0.29) is 10.2 Å². The molecule has 0 saturated heterocycles. The van der Waals surface area contributed by atoms with E-state index in [0.717, 1.165) is 0 Å². The summed E-state index contributed by atoms with van der Waals surface area (Å²) >= 11 is 7.04. The Balaban J connectivity index is 3.57. The van der Waals surface area contributed by atoms with Gasteiger partial charge in [-0.25, -0.2) is 0 Å². The van der Waals surface area contributed by atoms with Crippen molar-refractivity contribution in [2.75, 3.05) is 0 Å². The number of isothiocyanates is 1. The predicted octanol–water partition coefficient (Wildman–Crippen LogP) is 4.11. The molecule has 17 heavy (non-hydrogen) atoms. The molecule has 0 saturated carbocycles. The molecule has 1 aromatic carbocycles. The van der Waals surface area contributed by atoms with E-state index < -0.39 is 22.4 Å². The van der Waals surface area contributed by atoms with E-state index in [4.69, 9.17) is 0 Å². The molecule has 0 aliphatic rings. The molecule has 0 unspecified atom stereocenters. The van der Waals surface area contributed by atoms with E-state index in [1.54, 1.807) is 0 Å². The van der Waals surface area contributed by atoms with Gasteiger partial charge in [-0.3, -0.25) is 10.1 Å². The molecule has 90 valence electrons. The van der Waals surface area contributed by atoms with E-state index >= 15 is 0 Å². The Bertz CT molecular complexity index is 526. The largest absolute Gasteiger partial charge is 0.416 e. The van der Waals surface area contributed by atoms with E-state index in [9.17, 15) is 23.3 Å². The van der Waals surface area contributed by atoms with Crippen LogP contribution >= 0.6 is 28.1 Å². The van der Waals surface area contributed by atoms with Gasteiger partial charge in [-0.2, -0.15) is 18.2 Å². The molecule has 0 N–H and O–H groups in total. The lowest BCUT2D eigenvalue weighted by Gasteiger charge is -2.08. The summed E-state index contributed by atoms with van der Waals surface area (Å²) in [5.41, 5.74) is -2.22. The van der Waals surface area contributed by atoms with Gasteiger partial charge in [0.25, 0.3) is 5.69 Å². The van der Waals surface area contributed by atoms with Crippen molar-refractivity contribution in [1.82, 2.24) is 0 Å². The zero-order chi connectivity index (χ0) is 13.2. The Morgan fingerprint density at radius 3 is 2.47 bits per heavy atom. The number of alkyl halides is 3. The molecule has 0 fully saturated rings. The molecule has 0 heterocycles. The van der Waals surface area contributed by atoms with Crippen LogP contribution in [0.5, 0.6) is 0 Å². The number of benzene rings is 1. The topological polar surface area (TPSA) is 55.5 Å². The lowest BCUT2D eigenvalue weighted by Crippen LogP contribution is -2.05. The number of hydrogen-bond acceptors (Lipinski definition) is 4. The minimum absolute atomic E-state index is 0.170. The third-order valence-corrected chi connectivity index (χ3v) is 2.42. The monoisotopic (exact) mass is 326 g/mol. The fraction of sp³-hybridized carbons (Fsp3) is 0.125. The number of nitrogens with zero attached hydrogens (tertiary/aromatic N) is 2. The second-order valence-electron chi connectivity index (χ2n) is 2.78. The quantitative estimate of drug-likeness (QED) is 0.355. The molecule has 1 aromatic rings. The minimum atomic E-state index is -4.67. The van der Waals surface area contributed by atoms with Crippen LogP contribution < -0.4 is 0 Å². The maximum atomic E-state index is 12.4. The highest BCUT2D eigenvalue weighted by Crippen LogP contribution is 2.41. The average molecular weight is 327 g/mol. The number of halogens is 4. The molecule has 0 aliphatic heterocycles. The van der Waals surface area contributed by atoms with Gasteiger partial charge in [-0.15, -0.1) is 0 Å². The second-order valence-corrected chi connectivity index (χ2v) is 3.82. The summed E-state index contributed by atoms with van der Waals surface area (Å²) in [7, 11) is 0. The van der Waals surface area contributed by atoms with Gasteiger partial charge in [0.1, 0.15) is 0 Å². The van der Waals surface area contributed by atoms with Crippen LogP contribution in [0.2, 0.25) is 0 Å². The molecule has 4 nitrogen and oxygen atoms in total. The molecule has 0 aliphatic carbocycles. The van der Waals surface area contributed by atoms with Gasteiger partial charge in [-0.05, 0) is 34.2 Å². The zero-order valence-corrected chi connectivity index (χ0v) is 10.2. The first-order valence-corrected chi connectivity index (χ1v) is 5.10. The van der Waals surface area contributed by atoms with Crippen molar-refractivity contribution >= 4 is 44.7 Å². The Hall–Kier alpha value is -1.31. The van der Waals surface area contributed by atoms with Gasteiger partial charge < -0.3 is 0 Å². The fourth-order valence-electron chi connectivity index (χ4n) is 1.04. The van der Waals surface area contributed by atoms with Crippen molar-refractivity contribution in [2.24, 2.45) is 4.99 Å². The number of nitro groups is 1. The summed E-state index contributed by atoms with van der Waals surface area (Å²) < 4.78 is 37.1. The van der Waals surface area contributed by atoms with E-state index in [1.807, 2.05) is 5.16 Å². The van der Waals surface area contributed by atoms with E-state index in [1.165, 1.54) is 0 Å². The molecule has 0 spiro atoms. The Labute approximate surface area is 106 Å². The van der Waals surface area contributed by atoms with Gasteiger partial charge in [0.15, 0.2) is 5.69 Å². The highest BCUT2D eigenvalue weighted by molar-refractivity contribution is 9.10. The summed E-state index contributed by atoms with van der Waals surface area (Å²) in [5.74, 6) is 0. The summed E-state index contributed by atoms with van der Waals surface area (Å²) in [6, 6.07) is 1.09. The van der Waals surface area contributed by atoms with Gasteiger partial charge >= 0.3 is 6.18 Å². The molecular formula is C8H2BrF3N2O2S. The third-order valence-electron chi connectivity index (χ3n) is 1.72. The summed E-state index contributed by atoms with van der Waals surface area (Å²) in [4.78, 5) is 13.0. The lowest BCUT2D eigenvalue weighted by atomic mass is 10.1. The van der Waals surface area contributed by atoms with Crippen LogP contribution in [0, 0.1) is 10.1 Å². The normalized spacial score (nSPS) is 10.8.